The standard InChI is InChI=1S/C13H29N3O/c1-5-6-11(14)13(9-17)16-7-10(2)12(8-16)15(3)4/h10-13,17H,5-9,14H2,1-4H3. The maximum Gasteiger partial charge on any atom is 0.0601 e. The molecule has 1 aliphatic rings. The van der Waals surface area contributed by atoms with Crippen molar-refractivity contribution in [2.75, 3.05) is 33.8 Å². The van der Waals surface area contributed by atoms with E-state index < -0.39 is 0 Å². The summed E-state index contributed by atoms with van der Waals surface area (Å²) in [5.41, 5.74) is 6.17. The predicted octanol–water partition coefficient (Wildman–Crippen LogP) is 0.357. The van der Waals surface area contributed by atoms with Gasteiger partial charge in [0.05, 0.1) is 6.61 Å². The number of nitrogens with two attached hydrogens (primary N) is 1. The lowest BCUT2D eigenvalue weighted by molar-refractivity contribution is 0.115. The van der Waals surface area contributed by atoms with Crippen LogP contribution in [0.3, 0.4) is 0 Å². The van der Waals surface area contributed by atoms with Crippen LogP contribution < -0.4 is 5.73 Å². The second kappa shape index (κ2) is 6.69. The molecule has 0 aromatic rings. The summed E-state index contributed by atoms with van der Waals surface area (Å²) in [5, 5.41) is 9.56. The number of likely N-dealkylation sites (tertiary alicyclic amines) is 1. The van der Waals surface area contributed by atoms with Crippen molar-refractivity contribution in [3.05, 3.63) is 0 Å². The first-order chi connectivity index (χ1) is 8.01. The summed E-state index contributed by atoms with van der Waals surface area (Å²) in [4.78, 5) is 4.65. The summed E-state index contributed by atoms with van der Waals surface area (Å²) in [6.45, 7) is 6.67. The number of hydrogen-bond acceptors (Lipinski definition) is 4. The quantitative estimate of drug-likeness (QED) is 0.707. The van der Waals surface area contributed by atoms with Gasteiger partial charge in [0, 0.05) is 31.2 Å². The van der Waals surface area contributed by atoms with Gasteiger partial charge in [-0.25, -0.2) is 0 Å². The Kier molecular flexibility index (Phi) is 5.86. The molecule has 0 radical (unpaired) electrons. The largest absolute Gasteiger partial charge is 0.395 e. The van der Waals surface area contributed by atoms with Crippen LogP contribution in [0.4, 0.5) is 0 Å². The molecule has 0 aliphatic carbocycles. The lowest BCUT2D eigenvalue weighted by atomic mass is 10.0. The Hall–Kier alpha value is -0.160. The van der Waals surface area contributed by atoms with Gasteiger partial charge in [-0.2, -0.15) is 0 Å². The third kappa shape index (κ3) is 3.65. The third-order valence-electron chi connectivity index (χ3n) is 4.04. The fraction of sp³-hybridized carbons (Fsp3) is 1.00. The molecule has 0 spiro atoms. The van der Waals surface area contributed by atoms with Crippen molar-refractivity contribution in [3.8, 4) is 0 Å². The Bertz CT molecular complexity index is 223. The molecule has 1 rings (SSSR count). The molecule has 0 aromatic heterocycles. The number of aliphatic hydroxyl groups excluding tert-OH is 1. The second-order valence-corrected chi connectivity index (χ2v) is 5.66. The first-order valence-electron chi connectivity index (χ1n) is 6.78. The highest BCUT2D eigenvalue weighted by Crippen LogP contribution is 2.23. The Morgan fingerprint density at radius 1 is 1.41 bits per heavy atom. The molecule has 1 saturated heterocycles. The van der Waals surface area contributed by atoms with Gasteiger partial charge in [0.1, 0.15) is 0 Å². The molecule has 0 saturated carbocycles. The summed E-state index contributed by atoms with van der Waals surface area (Å²) >= 11 is 0. The van der Waals surface area contributed by atoms with Gasteiger partial charge in [-0.15, -0.1) is 0 Å². The fourth-order valence-electron chi connectivity index (χ4n) is 2.98. The minimum absolute atomic E-state index is 0.0955. The van der Waals surface area contributed by atoms with Crippen molar-refractivity contribution in [1.29, 1.82) is 0 Å². The van der Waals surface area contributed by atoms with Crippen LogP contribution in [0, 0.1) is 5.92 Å². The summed E-state index contributed by atoms with van der Waals surface area (Å²) in [5.74, 6) is 0.646. The summed E-state index contributed by atoms with van der Waals surface area (Å²) in [6.07, 6.45) is 2.07. The van der Waals surface area contributed by atoms with Gasteiger partial charge in [0.15, 0.2) is 0 Å². The monoisotopic (exact) mass is 243 g/mol. The molecule has 17 heavy (non-hydrogen) atoms. The molecule has 4 nitrogen and oxygen atoms in total. The number of hydrogen-bond donors (Lipinski definition) is 2. The van der Waals surface area contributed by atoms with Crippen LogP contribution in [0.25, 0.3) is 0 Å². The van der Waals surface area contributed by atoms with Gasteiger partial charge in [-0.3, -0.25) is 4.90 Å². The van der Waals surface area contributed by atoms with E-state index in [4.69, 9.17) is 5.73 Å². The van der Waals surface area contributed by atoms with E-state index in [1.165, 1.54) is 0 Å². The maximum atomic E-state index is 9.56. The van der Waals surface area contributed by atoms with Gasteiger partial charge < -0.3 is 15.7 Å². The second-order valence-electron chi connectivity index (χ2n) is 5.66. The first-order valence-corrected chi connectivity index (χ1v) is 6.78. The average molecular weight is 243 g/mol. The molecular weight excluding hydrogens is 214 g/mol. The lowest BCUT2D eigenvalue weighted by Gasteiger charge is -2.31. The van der Waals surface area contributed by atoms with Gasteiger partial charge >= 0.3 is 0 Å². The smallest absolute Gasteiger partial charge is 0.0601 e. The molecule has 102 valence electrons. The Balaban J connectivity index is 2.60. The predicted molar refractivity (Wildman–Crippen MR) is 72.0 cm³/mol. The van der Waals surface area contributed by atoms with Crippen LogP contribution in [-0.2, 0) is 0 Å². The SMILES string of the molecule is CCCC(N)C(CO)N1CC(C)C(N(C)C)C1. The van der Waals surface area contributed by atoms with E-state index >= 15 is 0 Å². The van der Waals surface area contributed by atoms with E-state index in [0.717, 1.165) is 25.9 Å². The van der Waals surface area contributed by atoms with Crippen LogP contribution in [-0.4, -0.2) is 66.8 Å². The van der Waals surface area contributed by atoms with Crippen LogP contribution in [0.1, 0.15) is 26.7 Å². The van der Waals surface area contributed by atoms with Crippen molar-refractivity contribution >= 4 is 0 Å². The summed E-state index contributed by atoms with van der Waals surface area (Å²) in [6, 6.07) is 0.804. The molecule has 1 heterocycles. The van der Waals surface area contributed by atoms with Gasteiger partial charge in [0.25, 0.3) is 0 Å². The van der Waals surface area contributed by atoms with E-state index in [-0.39, 0.29) is 18.7 Å². The molecule has 4 unspecified atom stereocenters. The highest BCUT2D eigenvalue weighted by molar-refractivity contribution is 4.92. The highest BCUT2D eigenvalue weighted by atomic mass is 16.3. The Labute approximate surface area is 106 Å². The third-order valence-corrected chi connectivity index (χ3v) is 4.04. The van der Waals surface area contributed by atoms with Crippen molar-refractivity contribution < 1.29 is 5.11 Å². The summed E-state index contributed by atoms with van der Waals surface area (Å²) < 4.78 is 0. The van der Waals surface area contributed by atoms with Crippen molar-refractivity contribution in [3.63, 3.8) is 0 Å². The van der Waals surface area contributed by atoms with E-state index in [1.54, 1.807) is 0 Å². The number of nitrogens with zero attached hydrogens (tertiary/aromatic N) is 2. The molecule has 0 amide bonds. The fourth-order valence-corrected chi connectivity index (χ4v) is 2.98. The Morgan fingerprint density at radius 3 is 2.47 bits per heavy atom. The van der Waals surface area contributed by atoms with Gasteiger partial charge in [0.2, 0.25) is 0 Å². The minimum Gasteiger partial charge on any atom is -0.395 e. The van der Waals surface area contributed by atoms with E-state index in [2.05, 4.69) is 37.7 Å². The van der Waals surface area contributed by atoms with E-state index in [1.807, 2.05) is 0 Å². The van der Waals surface area contributed by atoms with E-state index in [9.17, 15) is 5.11 Å². The average Bonchev–Trinajstić information content (AvgIpc) is 2.62. The number of aliphatic hydroxyl groups is 1. The lowest BCUT2D eigenvalue weighted by Crippen LogP contribution is -2.50. The molecular formula is C13H29N3O. The van der Waals surface area contributed by atoms with E-state index in [0.29, 0.717) is 12.0 Å². The minimum atomic E-state index is 0.0955. The zero-order valence-electron chi connectivity index (χ0n) is 11.8. The molecule has 0 bridgehead atoms. The van der Waals surface area contributed by atoms with Crippen molar-refractivity contribution in [2.24, 2.45) is 11.7 Å². The van der Waals surface area contributed by atoms with Crippen molar-refractivity contribution in [1.82, 2.24) is 9.80 Å². The van der Waals surface area contributed by atoms with Gasteiger partial charge in [-0.1, -0.05) is 20.3 Å². The molecule has 4 heteroatoms. The zero-order chi connectivity index (χ0) is 13.0. The van der Waals surface area contributed by atoms with Crippen LogP contribution in [0.2, 0.25) is 0 Å². The zero-order valence-corrected chi connectivity index (χ0v) is 11.8. The van der Waals surface area contributed by atoms with Crippen molar-refractivity contribution in [2.45, 2.75) is 44.8 Å². The summed E-state index contributed by atoms with van der Waals surface area (Å²) in [7, 11) is 4.26. The molecule has 1 aliphatic heterocycles. The maximum absolute atomic E-state index is 9.56. The molecule has 4 atom stereocenters. The van der Waals surface area contributed by atoms with Crippen LogP contribution in [0.5, 0.6) is 0 Å². The topological polar surface area (TPSA) is 52.7 Å². The highest BCUT2D eigenvalue weighted by Gasteiger charge is 2.36. The van der Waals surface area contributed by atoms with Gasteiger partial charge in [-0.05, 0) is 26.4 Å². The number of likely N-dealkylation sites (N-methyl/N-ethyl adjacent to an activating group) is 1. The molecule has 0 aromatic carbocycles. The first kappa shape index (κ1) is 14.9. The van der Waals surface area contributed by atoms with Crippen LogP contribution in [0.15, 0.2) is 0 Å². The van der Waals surface area contributed by atoms with Crippen LogP contribution >= 0.6 is 0 Å². The molecule has 1 fully saturated rings. The normalized spacial score (nSPS) is 29.8. The number of rotatable bonds is 6. The molecule has 3 N–H and O–H groups in total. The Morgan fingerprint density at radius 2 is 2.06 bits per heavy atom.